The van der Waals surface area contributed by atoms with Crippen molar-refractivity contribution in [3.05, 3.63) is 49.9 Å². The van der Waals surface area contributed by atoms with E-state index in [9.17, 15) is 4.79 Å². The van der Waals surface area contributed by atoms with Crippen molar-refractivity contribution in [1.82, 2.24) is 4.98 Å². The van der Waals surface area contributed by atoms with Crippen molar-refractivity contribution in [2.75, 3.05) is 0 Å². The molecule has 0 atom stereocenters. The Kier molecular flexibility index (Phi) is 4.45. The van der Waals surface area contributed by atoms with Gasteiger partial charge < -0.3 is 0 Å². The summed E-state index contributed by atoms with van der Waals surface area (Å²) in [5.74, 6) is 0.121. The first kappa shape index (κ1) is 15.4. The van der Waals surface area contributed by atoms with Crippen molar-refractivity contribution in [3.63, 3.8) is 0 Å². The van der Waals surface area contributed by atoms with E-state index in [0.29, 0.717) is 6.42 Å². The molecule has 0 fully saturated rings. The standard InChI is InChI=1S/C16H18BrNOS/c1-10-7-11(5-6-12(10)17)13(19)8-15-18-14(9-20-15)16(2,3)4/h5-7,9H,8H2,1-4H3. The third kappa shape index (κ3) is 3.55. The number of Topliss-reactive ketones (excluding diaryl/α,β-unsaturated/α-hetero) is 1. The summed E-state index contributed by atoms with van der Waals surface area (Å²) in [5, 5.41) is 2.94. The molecule has 2 rings (SSSR count). The molecule has 2 aromatic rings. The molecule has 1 heterocycles. The summed E-state index contributed by atoms with van der Waals surface area (Å²) in [4.78, 5) is 16.9. The van der Waals surface area contributed by atoms with Gasteiger partial charge in [0.25, 0.3) is 0 Å². The summed E-state index contributed by atoms with van der Waals surface area (Å²) < 4.78 is 1.03. The maximum absolute atomic E-state index is 12.3. The van der Waals surface area contributed by atoms with Gasteiger partial charge in [-0.05, 0) is 24.6 Å². The first-order valence-electron chi connectivity index (χ1n) is 6.51. The molecule has 0 aliphatic carbocycles. The molecule has 0 amide bonds. The van der Waals surface area contributed by atoms with E-state index in [1.54, 1.807) is 11.3 Å². The number of aryl methyl sites for hydroxylation is 1. The number of hydrogen-bond donors (Lipinski definition) is 0. The molecule has 1 aromatic heterocycles. The van der Waals surface area contributed by atoms with Crippen LogP contribution in [0.3, 0.4) is 0 Å². The quantitative estimate of drug-likeness (QED) is 0.733. The van der Waals surface area contributed by atoms with E-state index < -0.39 is 0 Å². The molecule has 0 saturated heterocycles. The summed E-state index contributed by atoms with van der Waals surface area (Å²) in [6.07, 6.45) is 0.377. The number of hydrogen-bond acceptors (Lipinski definition) is 3. The van der Waals surface area contributed by atoms with Crippen molar-refractivity contribution in [2.45, 2.75) is 39.5 Å². The van der Waals surface area contributed by atoms with Crippen molar-refractivity contribution in [1.29, 1.82) is 0 Å². The largest absolute Gasteiger partial charge is 0.294 e. The van der Waals surface area contributed by atoms with Crippen LogP contribution in [0.25, 0.3) is 0 Å². The molecule has 4 heteroatoms. The predicted octanol–water partition coefficient (Wildman–Crippen LogP) is 4.94. The Hall–Kier alpha value is -1.00. The zero-order valence-electron chi connectivity index (χ0n) is 12.2. The molecule has 2 nitrogen and oxygen atoms in total. The maximum Gasteiger partial charge on any atom is 0.169 e. The summed E-state index contributed by atoms with van der Waals surface area (Å²) >= 11 is 5.01. The van der Waals surface area contributed by atoms with E-state index >= 15 is 0 Å². The topological polar surface area (TPSA) is 30.0 Å². The molecule has 0 aliphatic rings. The molecule has 106 valence electrons. The third-order valence-electron chi connectivity index (χ3n) is 3.11. The Balaban J connectivity index is 2.15. The number of nitrogens with zero attached hydrogens (tertiary/aromatic N) is 1. The van der Waals surface area contributed by atoms with Crippen LogP contribution in [0, 0.1) is 6.92 Å². The molecule has 0 N–H and O–H groups in total. The van der Waals surface area contributed by atoms with Gasteiger partial charge in [0.2, 0.25) is 0 Å². The highest BCUT2D eigenvalue weighted by atomic mass is 79.9. The van der Waals surface area contributed by atoms with Gasteiger partial charge in [0.05, 0.1) is 12.1 Å². The van der Waals surface area contributed by atoms with E-state index in [1.165, 1.54) is 0 Å². The van der Waals surface area contributed by atoms with Gasteiger partial charge in [-0.3, -0.25) is 4.79 Å². The third-order valence-corrected chi connectivity index (χ3v) is 4.85. The Morgan fingerprint density at radius 3 is 2.60 bits per heavy atom. The molecule has 1 aromatic carbocycles. The van der Waals surface area contributed by atoms with Crippen molar-refractivity contribution < 1.29 is 4.79 Å². The number of benzene rings is 1. The van der Waals surface area contributed by atoms with Gasteiger partial charge in [-0.25, -0.2) is 4.98 Å². The van der Waals surface area contributed by atoms with Crippen LogP contribution in [0.4, 0.5) is 0 Å². The summed E-state index contributed by atoms with van der Waals surface area (Å²) in [7, 11) is 0. The summed E-state index contributed by atoms with van der Waals surface area (Å²) in [5.41, 5.74) is 2.91. The number of carbonyl (C=O) groups is 1. The van der Waals surface area contributed by atoms with Crippen LogP contribution in [-0.2, 0) is 11.8 Å². The lowest BCUT2D eigenvalue weighted by atomic mass is 9.93. The van der Waals surface area contributed by atoms with Gasteiger partial charge in [-0.15, -0.1) is 11.3 Å². The Bertz CT molecular complexity index is 640. The lowest BCUT2D eigenvalue weighted by molar-refractivity contribution is 0.0992. The molecular weight excluding hydrogens is 334 g/mol. The molecule has 0 radical (unpaired) electrons. The molecule has 20 heavy (non-hydrogen) atoms. The number of aromatic nitrogens is 1. The van der Waals surface area contributed by atoms with Crippen LogP contribution >= 0.6 is 27.3 Å². The van der Waals surface area contributed by atoms with Crippen LogP contribution in [0.5, 0.6) is 0 Å². The molecule has 0 bridgehead atoms. The zero-order valence-corrected chi connectivity index (χ0v) is 14.6. The first-order chi connectivity index (χ1) is 9.27. The van der Waals surface area contributed by atoms with Gasteiger partial charge in [-0.1, -0.05) is 42.8 Å². The molecule has 0 saturated carbocycles. The van der Waals surface area contributed by atoms with Gasteiger partial charge in [-0.2, -0.15) is 0 Å². The highest BCUT2D eigenvalue weighted by Gasteiger charge is 2.18. The van der Waals surface area contributed by atoms with E-state index in [1.807, 2.05) is 25.1 Å². The highest BCUT2D eigenvalue weighted by molar-refractivity contribution is 9.10. The number of carbonyl (C=O) groups excluding carboxylic acids is 1. The molecular formula is C16H18BrNOS. The maximum atomic E-state index is 12.3. The number of halogens is 1. The zero-order chi connectivity index (χ0) is 14.9. The summed E-state index contributed by atoms with van der Waals surface area (Å²) in [6.45, 7) is 8.38. The lowest BCUT2D eigenvalue weighted by Crippen LogP contribution is -2.12. The molecule has 0 spiro atoms. The van der Waals surface area contributed by atoms with Crippen molar-refractivity contribution in [2.24, 2.45) is 0 Å². The van der Waals surface area contributed by atoms with Gasteiger partial charge >= 0.3 is 0 Å². The molecule has 0 unspecified atom stereocenters. The van der Waals surface area contributed by atoms with Crippen LogP contribution in [-0.4, -0.2) is 10.8 Å². The fourth-order valence-corrected chi connectivity index (χ4v) is 3.06. The van der Waals surface area contributed by atoms with Gasteiger partial charge in [0, 0.05) is 20.8 Å². The van der Waals surface area contributed by atoms with E-state index in [2.05, 4.69) is 47.1 Å². The minimum atomic E-state index is 0.0337. The Labute approximate surface area is 132 Å². The fraction of sp³-hybridized carbons (Fsp3) is 0.375. The normalized spacial score (nSPS) is 11.7. The average molecular weight is 352 g/mol. The average Bonchev–Trinajstić information content (AvgIpc) is 2.81. The summed E-state index contributed by atoms with van der Waals surface area (Å²) in [6, 6.07) is 5.70. The van der Waals surface area contributed by atoms with E-state index in [-0.39, 0.29) is 11.2 Å². The minimum Gasteiger partial charge on any atom is -0.294 e. The number of thiazole rings is 1. The van der Waals surface area contributed by atoms with Crippen LogP contribution in [0.2, 0.25) is 0 Å². The van der Waals surface area contributed by atoms with E-state index in [0.717, 1.165) is 26.3 Å². The monoisotopic (exact) mass is 351 g/mol. The second-order valence-electron chi connectivity index (χ2n) is 5.94. The van der Waals surface area contributed by atoms with Gasteiger partial charge in [0.15, 0.2) is 5.78 Å². The second kappa shape index (κ2) is 5.78. The van der Waals surface area contributed by atoms with Crippen LogP contribution in [0.1, 0.15) is 47.4 Å². The SMILES string of the molecule is Cc1cc(C(=O)Cc2nc(C(C)(C)C)cs2)ccc1Br. The number of rotatable bonds is 3. The van der Waals surface area contributed by atoms with Crippen LogP contribution in [0.15, 0.2) is 28.1 Å². The predicted molar refractivity (Wildman–Crippen MR) is 87.7 cm³/mol. The van der Waals surface area contributed by atoms with Crippen molar-refractivity contribution in [3.8, 4) is 0 Å². The van der Waals surface area contributed by atoms with Gasteiger partial charge in [0.1, 0.15) is 5.01 Å². The second-order valence-corrected chi connectivity index (χ2v) is 7.74. The number of ketones is 1. The van der Waals surface area contributed by atoms with Crippen molar-refractivity contribution >= 4 is 33.0 Å². The van der Waals surface area contributed by atoms with E-state index in [4.69, 9.17) is 0 Å². The Morgan fingerprint density at radius 2 is 2.05 bits per heavy atom. The fourth-order valence-electron chi connectivity index (χ4n) is 1.79. The Morgan fingerprint density at radius 1 is 1.35 bits per heavy atom. The minimum absolute atomic E-state index is 0.0337. The van der Waals surface area contributed by atoms with Crippen LogP contribution < -0.4 is 0 Å². The molecule has 0 aliphatic heterocycles. The highest BCUT2D eigenvalue weighted by Crippen LogP contribution is 2.25. The smallest absolute Gasteiger partial charge is 0.169 e. The lowest BCUT2D eigenvalue weighted by Gasteiger charge is -2.14. The first-order valence-corrected chi connectivity index (χ1v) is 8.19.